The smallest absolute Gasteiger partial charge is 0.317 e. The number of hydrazine groups is 1. The van der Waals surface area contributed by atoms with Crippen molar-refractivity contribution in [1.82, 2.24) is 20.8 Å². The maximum Gasteiger partial charge on any atom is 0.317 e. The highest BCUT2D eigenvalue weighted by atomic mass is 19.3. The Balaban J connectivity index is 0.00000145. The summed E-state index contributed by atoms with van der Waals surface area (Å²) >= 11 is 0. The van der Waals surface area contributed by atoms with Crippen molar-refractivity contribution >= 4 is 17.8 Å². The van der Waals surface area contributed by atoms with Crippen LogP contribution in [-0.2, 0) is 10.3 Å². The molecular formula is C20H25F2N5O2. The predicted octanol–water partition coefficient (Wildman–Crippen LogP) is 3.33. The third-order valence-corrected chi connectivity index (χ3v) is 4.63. The summed E-state index contributed by atoms with van der Waals surface area (Å²) in [6.07, 6.45) is 2.30. The number of hydrogen-bond acceptors (Lipinski definition) is 5. The Hall–Kier alpha value is -3.10. The fourth-order valence-electron chi connectivity index (χ4n) is 3.07. The van der Waals surface area contributed by atoms with Gasteiger partial charge in [0, 0.05) is 12.4 Å². The lowest BCUT2D eigenvalue weighted by Crippen LogP contribution is -2.44. The molecule has 1 saturated carbocycles. The largest absolute Gasteiger partial charge is 0.345 e. The van der Waals surface area contributed by atoms with Crippen molar-refractivity contribution in [2.75, 3.05) is 5.32 Å². The molecule has 2 amide bonds. The van der Waals surface area contributed by atoms with Crippen molar-refractivity contribution in [1.29, 1.82) is 0 Å². The van der Waals surface area contributed by atoms with E-state index in [-0.39, 0.29) is 11.1 Å². The lowest BCUT2D eigenvalue weighted by atomic mass is 9.70. The molecule has 1 fully saturated rings. The van der Waals surface area contributed by atoms with E-state index in [0.717, 1.165) is 19.3 Å². The van der Waals surface area contributed by atoms with E-state index in [9.17, 15) is 18.4 Å². The number of aryl methyl sites for hydroxylation is 1. The second kappa shape index (κ2) is 9.90. The van der Waals surface area contributed by atoms with E-state index in [1.807, 2.05) is 31.4 Å². The second-order valence-electron chi connectivity index (χ2n) is 6.41. The van der Waals surface area contributed by atoms with Crippen LogP contribution in [0.25, 0.3) is 0 Å². The van der Waals surface area contributed by atoms with Crippen LogP contribution >= 0.6 is 0 Å². The molecule has 3 N–H and O–H groups in total. The zero-order chi connectivity index (χ0) is 21.4. The molecule has 7 nitrogen and oxygen atoms in total. The van der Waals surface area contributed by atoms with E-state index in [4.69, 9.17) is 0 Å². The van der Waals surface area contributed by atoms with Gasteiger partial charge in [-0.1, -0.05) is 38.1 Å². The molecule has 0 aliphatic heterocycles. The summed E-state index contributed by atoms with van der Waals surface area (Å²) in [4.78, 5) is 30.9. The number of aromatic nitrogens is 2. The topological polar surface area (TPSA) is 96.0 Å². The quantitative estimate of drug-likeness (QED) is 0.663. The Bertz CT molecular complexity index is 839. The maximum absolute atomic E-state index is 12.1. The zero-order valence-corrected chi connectivity index (χ0v) is 16.6. The van der Waals surface area contributed by atoms with Crippen molar-refractivity contribution in [3.8, 4) is 0 Å². The van der Waals surface area contributed by atoms with E-state index < -0.39 is 18.2 Å². The van der Waals surface area contributed by atoms with Crippen LogP contribution in [0.3, 0.4) is 0 Å². The van der Waals surface area contributed by atoms with Crippen molar-refractivity contribution in [3.63, 3.8) is 0 Å². The van der Waals surface area contributed by atoms with Gasteiger partial charge in [-0.05, 0) is 37.3 Å². The summed E-state index contributed by atoms with van der Waals surface area (Å²) in [6, 6.07) is 8.11. The predicted molar refractivity (Wildman–Crippen MR) is 105 cm³/mol. The van der Waals surface area contributed by atoms with E-state index in [2.05, 4.69) is 34.3 Å². The van der Waals surface area contributed by atoms with Gasteiger partial charge >= 0.3 is 12.3 Å². The fourth-order valence-corrected chi connectivity index (χ4v) is 3.07. The third-order valence-electron chi connectivity index (χ3n) is 4.63. The number of anilines is 1. The van der Waals surface area contributed by atoms with E-state index >= 15 is 0 Å². The first-order valence-electron chi connectivity index (χ1n) is 9.46. The molecule has 1 aliphatic carbocycles. The molecule has 1 aliphatic rings. The van der Waals surface area contributed by atoms with Gasteiger partial charge in [-0.2, -0.15) is 8.78 Å². The average Bonchev–Trinajstić information content (AvgIpc) is 2.71. The minimum atomic E-state index is -3.21. The van der Waals surface area contributed by atoms with Crippen LogP contribution < -0.4 is 16.2 Å². The molecule has 0 bridgehead atoms. The molecule has 9 heteroatoms. The lowest BCUT2D eigenvalue weighted by molar-refractivity contribution is -0.132. The molecule has 1 aromatic heterocycles. The van der Waals surface area contributed by atoms with Crippen LogP contribution in [0.15, 0.2) is 36.7 Å². The second-order valence-corrected chi connectivity index (χ2v) is 6.41. The first-order valence-corrected chi connectivity index (χ1v) is 9.46. The lowest BCUT2D eigenvalue weighted by Gasteiger charge is -2.44. The summed E-state index contributed by atoms with van der Waals surface area (Å²) in [5.74, 6) is -2.01. The van der Waals surface area contributed by atoms with Crippen molar-refractivity contribution in [2.24, 2.45) is 0 Å². The highest BCUT2D eigenvalue weighted by molar-refractivity contribution is 5.95. The number of amides is 2. The van der Waals surface area contributed by atoms with Gasteiger partial charge in [0.15, 0.2) is 0 Å². The average molecular weight is 405 g/mol. The summed E-state index contributed by atoms with van der Waals surface area (Å²) in [6.45, 7) is 6.05. The molecule has 1 aromatic carbocycles. The summed E-state index contributed by atoms with van der Waals surface area (Å²) in [7, 11) is 0. The molecule has 1 heterocycles. The highest BCUT2D eigenvalue weighted by Crippen LogP contribution is 2.44. The normalized spacial score (nSPS) is 14.1. The first-order chi connectivity index (χ1) is 13.9. The Kier molecular flexibility index (Phi) is 7.58. The van der Waals surface area contributed by atoms with Crippen LogP contribution in [0.1, 0.15) is 54.6 Å². The molecule has 29 heavy (non-hydrogen) atoms. The van der Waals surface area contributed by atoms with E-state index in [0.29, 0.717) is 5.95 Å². The molecule has 3 rings (SSSR count). The molecule has 2 aromatic rings. The number of nitrogens with zero attached hydrogens (tertiary/aromatic N) is 2. The van der Waals surface area contributed by atoms with Crippen molar-refractivity contribution < 1.29 is 18.4 Å². The number of rotatable bonds is 5. The minimum Gasteiger partial charge on any atom is -0.345 e. The number of carbonyl (C=O) groups is 2. The number of benzene rings is 1. The molecule has 0 saturated heterocycles. The third kappa shape index (κ3) is 5.24. The fraction of sp³-hybridized carbons (Fsp3) is 0.400. The monoisotopic (exact) mass is 405 g/mol. The molecule has 0 radical (unpaired) electrons. The SMILES string of the molecule is CC.Cc1ccccc1C1(Nc2ncc(C(=O)NNC(=O)C(F)F)cn2)CCC1. The van der Waals surface area contributed by atoms with Gasteiger partial charge in [-0.25, -0.2) is 9.97 Å². The standard InChI is InChI=1S/C18H19F2N5O2.C2H6/c1-11-5-2-3-6-13(11)18(7-4-8-18)23-17-21-9-12(10-22-17)15(26)24-25-16(27)14(19)20;1-2/h2-3,5-6,9-10,14H,4,7-8H2,1H3,(H,24,26)(H,25,27)(H,21,22,23);1-2H3. The number of carbonyl (C=O) groups excluding carboxylic acids is 2. The molecule has 0 atom stereocenters. The minimum absolute atomic E-state index is 0.0358. The molecule has 0 unspecified atom stereocenters. The number of nitrogens with one attached hydrogen (secondary N) is 3. The van der Waals surface area contributed by atoms with E-state index in [1.165, 1.54) is 23.5 Å². The van der Waals surface area contributed by atoms with Gasteiger partial charge < -0.3 is 5.32 Å². The summed E-state index contributed by atoms with van der Waals surface area (Å²) < 4.78 is 24.2. The van der Waals surface area contributed by atoms with Crippen LogP contribution in [0.2, 0.25) is 0 Å². The number of halogens is 2. The Morgan fingerprint density at radius 2 is 1.69 bits per heavy atom. The molecule has 156 valence electrons. The van der Waals surface area contributed by atoms with Gasteiger partial charge in [0.1, 0.15) is 0 Å². The Morgan fingerprint density at radius 3 is 2.21 bits per heavy atom. The highest BCUT2D eigenvalue weighted by Gasteiger charge is 2.40. The molecule has 0 spiro atoms. The zero-order valence-electron chi connectivity index (χ0n) is 16.6. The van der Waals surface area contributed by atoms with Gasteiger partial charge in [0.2, 0.25) is 5.95 Å². The first kappa shape index (κ1) is 22.2. The van der Waals surface area contributed by atoms with Crippen molar-refractivity contribution in [2.45, 2.75) is 52.0 Å². The maximum atomic E-state index is 12.1. The van der Waals surface area contributed by atoms with Gasteiger partial charge in [0.25, 0.3) is 5.91 Å². The van der Waals surface area contributed by atoms with Gasteiger partial charge in [0.05, 0.1) is 11.1 Å². The van der Waals surface area contributed by atoms with Crippen LogP contribution in [-0.4, -0.2) is 28.2 Å². The van der Waals surface area contributed by atoms with Crippen LogP contribution in [0.5, 0.6) is 0 Å². The van der Waals surface area contributed by atoms with Crippen LogP contribution in [0.4, 0.5) is 14.7 Å². The summed E-state index contributed by atoms with van der Waals surface area (Å²) in [5.41, 5.74) is 5.67. The number of hydrogen-bond donors (Lipinski definition) is 3. The molecular weight excluding hydrogens is 380 g/mol. The Morgan fingerprint density at radius 1 is 1.07 bits per heavy atom. The van der Waals surface area contributed by atoms with Crippen LogP contribution in [0, 0.1) is 6.92 Å². The van der Waals surface area contributed by atoms with E-state index in [1.54, 1.807) is 5.43 Å². The number of alkyl halides is 2. The summed E-state index contributed by atoms with van der Waals surface area (Å²) in [5, 5.41) is 3.36. The van der Waals surface area contributed by atoms with Crippen molar-refractivity contribution in [3.05, 3.63) is 53.3 Å². The Labute approximate surface area is 168 Å². The van der Waals surface area contributed by atoms with Gasteiger partial charge in [-0.3, -0.25) is 20.4 Å². The van der Waals surface area contributed by atoms with Gasteiger partial charge in [-0.15, -0.1) is 0 Å².